The molecule has 0 bridgehead atoms. The van der Waals surface area contributed by atoms with E-state index in [1.54, 1.807) is 4.68 Å². The third kappa shape index (κ3) is 3.28. The number of piperidine rings is 1. The van der Waals surface area contributed by atoms with Gasteiger partial charge in [0.1, 0.15) is 5.60 Å². The second-order valence-corrected chi connectivity index (χ2v) is 7.91. The normalized spacial score (nSPS) is 25.3. The summed E-state index contributed by atoms with van der Waals surface area (Å²) in [5, 5.41) is 7.69. The summed E-state index contributed by atoms with van der Waals surface area (Å²) in [5.74, 6) is 0.230. The molecule has 2 fully saturated rings. The summed E-state index contributed by atoms with van der Waals surface area (Å²) < 4.78 is 7.89. The van der Waals surface area contributed by atoms with Crippen molar-refractivity contribution in [3.63, 3.8) is 0 Å². The van der Waals surface area contributed by atoms with E-state index in [1.807, 2.05) is 42.5 Å². The van der Waals surface area contributed by atoms with Gasteiger partial charge in [-0.05, 0) is 38.4 Å². The van der Waals surface area contributed by atoms with Gasteiger partial charge in [-0.3, -0.25) is 9.48 Å². The second-order valence-electron chi connectivity index (χ2n) is 7.91. The van der Waals surface area contributed by atoms with Crippen molar-refractivity contribution < 1.29 is 9.53 Å². The quantitative estimate of drug-likeness (QED) is 0.898. The number of carbonyl (C=O) groups is 1. The van der Waals surface area contributed by atoms with Crippen LogP contribution in [-0.4, -0.2) is 53.4 Å². The SMILES string of the molecule is Cn1cc([C@@]2(C)CN(C(=O)C3(c4ccccc4)CCNCC3)CCO2)cn1. The molecular formula is C21H28N4O2. The minimum absolute atomic E-state index is 0.230. The van der Waals surface area contributed by atoms with Crippen molar-refractivity contribution in [2.45, 2.75) is 30.8 Å². The zero-order valence-electron chi connectivity index (χ0n) is 16.1. The van der Waals surface area contributed by atoms with Gasteiger partial charge in [0, 0.05) is 25.4 Å². The van der Waals surface area contributed by atoms with Crippen LogP contribution in [0.3, 0.4) is 0 Å². The van der Waals surface area contributed by atoms with Gasteiger partial charge in [0.15, 0.2) is 0 Å². The molecule has 1 atom stereocenters. The van der Waals surface area contributed by atoms with Crippen LogP contribution in [0, 0.1) is 0 Å². The lowest BCUT2D eigenvalue weighted by molar-refractivity contribution is -0.156. The fraction of sp³-hybridized carbons (Fsp3) is 0.524. The van der Waals surface area contributed by atoms with Gasteiger partial charge >= 0.3 is 0 Å². The number of carbonyl (C=O) groups excluding carboxylic acids is 1. The highest BCUT2D eigenvalue weighted by Crippen LogP contribution is 2.38. The van der Waals surface area contributed by atoms with Crippen LogP contribution in [0.5, 0.6) is 0 Å². The van der Waals surface area contributed by atoms with E-state index >= 15 is 0 Å². The maximum atomic E-state index is 13.8. The molecule has 0 unspecified atom stereocenters. The van der Waals surface area contributed by atoms with Crippen molar-refractivity contribution in [2.24, 2.45) is 7.05 Å². The first-order valence-corrected chi connectivity index (χ1v) is 9.72. The fourth-order valence-corrected chi connectivity index (χ4v) is 4.45. The van der Waals surface area contributed by atoms with Gasteiger partial charge in [0.05, 0.1) is 24.8 Å². The molecule has 144 valence electrons. The van der Waals surface area contributed by atoms with Gasteiger partial charge in [0.2, 0.25) is 5.91 Å². The Bertz CT molecular complexity index is 798. The zero-order valence-corrected chi connectivity index (χ0v) is 16.1. The Balaban J connectivity index is 1.63. The van der Waals surface area contributed by atoms with Gasteiger partial charge in [-0.25, -0.2) is 0 Å². The summed E-state index contributed by atoms with van der Waals surface area (Å²) in [7, 11) is 1.90. The third-order valence-electron chi connectivity index (χ3n) is 6.07. The predicted octanol–water partition coefficient (Wildman–Crippen LogP) is 1.82. The molecule has 6 nitrogen and oxygen atoms in total. The lowest BCUT2D eigenvalue weighted by Crippen LogP contribution is -2.58. The predicted molar refractivity (Wildman–Crippen MR) is 103 cm³/mol. The highest BCUT2D eigenvalue weighted by Gasteiger charge is 2.46. The average molecular weight is 368 g/mol. The number of amides is 1. The molecule has 1 amide bonds. The molecule has 0 radical (unpaired) electrons. The summed E-state index contributed by atoms with van der Waals surface area (Å²) in [6.07, 6.45) is 5.48. The molecule has 1 aromatic heterocycles. The van der Waals surface area contributed by atoms with E-state index in [0.717, 1.165) is 37.1 Å². The minimum Gasteiger partial charge on any atom is -0.367 e. The fourth-order valence-electron chi connectivity index (χ4n) is 4.45. The summed E-state index contributed by atoms with van der Waals surface area (Å²) in [6, 6.07) is 10.3. The number of hydrogen-bond acceptors (Lipinski definition) is 4. The largest absolute Gasteiger partial charge is 0.367 e. The van der Waals surface area contributed by atoms with E-state index in [2.05, 4.69) is 29.5 Å². The van der Waals surface area contributed by atoms with Crippen molar-refractivity contribution in [1.82, 2.24) is 20.0 Å². The summed E-state index contributed by atoms with van der Waals surface area (Å²) in [6.45, 7) is 5.52. The maximum Gasteiger partial charge on any atom is 0.233 e. The molecule has 2 aromatic rings. The number of nitrogens with one attached hydrogen (secondary N) is 1. The molecule has 1 aromatic carbocycles. The summed E-state index contributed by atoms with van der Waals surface area (Å²) >= 11 is 0. The Kier molecular flexibility index (Phi) is 4.78. The molecule has 27 heavy (non-hydrogen) atoms. The number of benzene rings is 1. The van der Waals surface area contributed by atoms with E-state index in [0.29, 0.717) is 19.7 Å². The van der Waals surface area contributed by atoms with Gasteiger partial charge in [-0.2, -0.15) is 5.10 Å². The molecule has 0 saturated carbocycles. The van der Waals surface area contributed by atoms with Crippen LogP contribution >= 0.6 is 0 Å². The Morgan fingerprint density at radius 1 is 1.19 bits per heavy atom. The Morgan fingerprint density at radius 3 is 2.59 bits per heavy atom. The standard InChI is InChI=1S/C21H28N4O2/c1-20(18-14-23-24(2)15-18)16-25(12-13-27-20)19(26)21(8-10-22-11-9-21)17-6-4-3-5-7-17/h3-7,14-15,22H,8-13,16H2,1-2H3/t20-/m1/s1. The van der Waals surface area contributed by atoms with Crippen LogP contribution in [0.25, 0.3) is 0 Å². The van der Waals surface area contributed by atoms with Crippen molar-refractivity contribution >= 4 is 5.91 Å². The van der Waals surface area contributed by atoms with Crippen LogP contribution in [0.1, 0.15) is 30.9 Å². The molecule has 2 aliphatic rings. The third-order valence-corrected chi connectivity index (χ3v) is 6.07. The van der Waals surface area contributed by atoms with E-state index in [-0.39, 0.29) is 5.91 Å². The topological polar surface area (TPSA) is 59.4 Å². The summed E-state index contributed by atoms with van der Waals surface area (Å²) in [5.41, 5.74) is 1.18. The zero-order chi connectivity index (χ0) is 18.9. The highest BCUT2D eigenvalue weighted by molar-refractivity contribution is 5.88. The van der Waals surface area contributed by atoms with Crippen molar-refractivity contribution in [1.29, 1.82) is 0 Å². The molecule has 6 heteroatoms. The van der Waals surface area contributed by atoms with Crippen LogP contribution in [0.15, 0.2) is 42.7 Å². The number of hydrogen-bond donors (Lipinski definition) is 1. The van der Waals surface area contributed by atoms with Gasteiger partial charge in [0.25, 0.3) is 0 Å². The van der Waals surface area contributed by atoms with Gasteiger partial charge in [-0.15, -0.1) is 0 Å². The van der Waals surface area contributed by atoms with Crippen LogP contribution in [-0.2, 0) is 27.6 Å². The van der Waals surface area contributed by atoms with Crippen LogP contribution in [0.2, 0.25) is 0 Å². The van der Waals surface area contributed by atoms with E-state index in [9.17, 15) is 4.79 Å². The number of nitrogens with zero attached hydrogens (tertiary/aromatic N) is 3. The van der Waals surface area contributed by atoms with Crippen LogP contribution < -0.4 is 5.32 Å². The van der Waals surface area contributed by atoms with Crippen LogP contribution in [0.4, 0.5) is 0 Å². The molecule has 4 rings (SSSR count). The monoisotopic (exact) mass is 368 g/mol. The molecule has 3 heterocycles. The lowest BCUT2D eigenvalue weighted by Gasteiger charge is -2.45. The first-order valence-electron chi connectivity index (χ1n) is 9.72. The Morgan fingerprint density at radius 2 is 1.93 bits per heavy atom. The van der Waals surface area contributed by atoms with Gasteiger partial charge in [-0.1, -0.05) is 30.3 Å². The first-order chi connectivity index (χ1) is 13.0. The average Bonchev–Trinajstić information content (AvgIpc) is 3.16. The smallest absolute Gasteiger partial charge is 0.233 e. The van der Waals surface area contributed by atoms with Gasteiger partial charge < -0.3 is 15.0 Å². The van der Waals surface area contributed by atoms with E-state index in [1.165, 1.54) is 0 Å². The number of aromatic nitrogens is 2. The van der Waals surface area contributed by atoms with Crippen molar-refractivity contribution in [3.8, 4) is 0 Å². The number of ether oxygens (including phenoxy) is 1. The molecule has 2 saturated heterocycles. The molecule has 0 aliphatic carbocycles. The molecule has 0 spiro atoms. The highest BCUT2D eigenvalue weighted by atomic mass is 16.5. The summed E-state index contributed by atoms with van der Waals surface area (Å²) in [4.78, 5) is 15.8. The Labute approximate surface area is 160 Å². The number of aryl methyl sites for hydroxylation is 1. The van der Waals surface area contributed by atoms with E-state index < -0.39 is 11.0 Å². The second kappa shape index (κ2) is 7.09. The Hall–Kier alpha value is -2.18. The maximum absolute atomic E-state index is 13.8. The van der Waals surface area contributed by atoms with E-state index in [4.69, 9.17) is 4.74 Å². The van der Waals surface area contributed by atoms with Crippen molar-refractivity contribution in [3.05, 3.63) is 53.9 Å². The lowest BCUT2D eigenvalue weighted by atomic mass is 9.71. The minimum atomic E-state index is -0.521. The van der Waals surface area contributed by atoms with Crippen molar-refractivity contribution in [2.75, 3.05) is 32.8 Å². The first kappa shape index (κ1) is 18.2. The molecular weight excluding hydrogens is 340 g/mol. The number of rotatable bonds is 3. The molecule has 1 N–H and O–H groups in total. The number of morpholine rings is 1. The molecule has 2 aliphatic heterocycles.